The zero-order chi connectivity index (χ0) is 13.3. The van der Waals surface area contributed by atoms with Gasteiger partial charge in [-0.1, -0.05) is 6.07 Å². The van der Waals surface area contributed by atoms with Gasteiger partial charge in [0.2, 0.25) is 0 Å². The Hall–Kier alpha value is -1.89. The van der Waals surface area contributed by atoms with E-state index in [2.05, 4.69) is 14.8 Å². The number of aromatic nitrogens is 3. The molecule has 0 fully saturated rings. The van der Waals surface area contributed by atoms with E-state index in [0.717, 1.165) is 5.69 Å². The fourth-order valence-electron chi connectivity index (χ4n) is 1.53. The van der Waals surface area contributed by atoms with Gasteiger partial charge in [0.05, 0.1) is 11.9 Å². The summed E-state index contributed by atoms with van der Waals surface area (Å²) in [5.74, 6) is 0.304. The number of sulfonamides is 1. The van der Waals surface area contributed by atoms with Gasteiger partial charge in [-0.05, 0) is 26.0 Å². The summed E-state index contributed by atoms with van der Waals surface area (Å²) in [6.07, 6.45) is 1.33. The molecule has 0 atom stereocenters. The summed E-state index contributed by atoms with van der Waals surface area (Å²) in [6.45, 7) is 3.50. The summed E-state index contributed by atoms with van der Waals surface area (Å²) in [5.41, 5.74) is 1.33. The van der Waals surface area contributed by atoms with E-state index in [1.165, 1.54) is 10.9 Å². The Labute approximate surface area is 106 Å². The molecule has 0 aliphatic heterocycles. The molecule has 0 bridgehead atoms. The Morgan fingerprint density at radius 1 is 1.28 bits per heavy atom. The average molecular weight is 266 g/mol. The zero-order valence-electron chi connectivity index (χ0n) is 10.4. The van der Waals surface area contributed by atoms with E-state index in [-0.39, 0.29) is 4.90 Å². The average Bonchev–Trinajstić information content (AvgIpc) is 2.59. The van der Waals surface area contributed by atoms with Gasteiger partial charge in [-0.3, -0.25) is 9.40 Å². The Morgan fingerprint density at radius 2 is 2.00 bits per heavy atom. The van der Waals surface area contributed by atoms with Crippen molar-refractivity contribution in [1.29, 1.82) is 0 Å². The predicted octanol–water partition coefficient (Wildman–Crippen LogP) is 1.23. The topological polar surface area (TPSA) is 76.9 Å². The van der Waals surface area contributed by atoms with E-state index >= 15 is 0 Å². The number of nitrogens with one attached hydrogen (secondary N) is 1. The molecule has 0 radical (unpaired) electrons. The van der Waals surface area contributed by atoms with E-state index in [1.54, 1.807) is 39.1 Å². The molecule has 18 heavy (non-hydrogen) atoms. The standard InChI is InChI=1S/C11H14N4O2S/c1-8-5-4-6-11(13-8)14-18(16,17)10-7-12-15(3)9(10)2/h4-7H,1-3H3,(H,13,14). The fraction of sp³-hybridized carbons (Fsp3) is 0.273. The Balaban J connectivity index is 2.36. The minimum Gasteiger partial charge on any atom is -0.272 e. The molecule has 6 nitrogen and oxygen atoms in total. The molecule has 2 aromatic rings. The molecule has 7 heteroatoms. The minimum absolute atomic E-state index is 0.160. The number of anilines is 1. The van der Waals surface area contributed by atoms with Gasteiger partial charge in [0.15, 0.2) is 0 Å². The van der Waals surface area contributed by atoms with E-state index in [0.29, 0.717) is 11.5 Å². The van der Waals surface area contributed by atoms with Crippen LogP contribution in [0.25, 0.3) is 0 Å². The largest absolute Gasteiger partial charge is 0.272 e. The normalized spacial score (nSPS) is 11.5. The Morgan fingerprint density at radius 3 is 2.56 bits per heavy atom. The maximum absolute atomic E-state index is 12.1. The lowest BCUT2D eigenvalue weighted by Gasteiger charge is -2.07. The summed E-state index contributed by atoms with van der Waals surface area (Å²) in [6, 6.07) is 5.15. The predicted molar refractivity (Wildman–Crippen MR) is 67.7 cm³/mol. The maximum Gasteiger partial charge on any atom is 0.266 e. The molecule has 2 heterocycles. The molecular weight excluding hydrogens is 252 g/mol. The van der Waals surface area contributed by atoms with Crippen LogP contribution in [-0.4, -0.2) is 23.2 Å². The van der Waals surface area contributed by atoms with Crippen molar-refractivity contribution in [2.45, 2.75) is 18.7 Å². The highest BCUT2D eigenvalue weighted by Crippen LogP contribution is 2.17. The molecule has 0 saturated heterocycles. The number of aryl methyl sites for hydroxylation is 2. The number of nitrogens with zero attached hydrogens (tertiary/aromatic N) is 3. The molecule has 0 aliphatic rings. The molecule has 0 unspecified atom stereocenters. The van der Waals surface area contributed by atoms with Gasteiger partial charge in [0.1, 0.15) is 10.7 Å². The number of hydrogen-bond donors (Lipinski definition) is 1. The van der Waals surface area contributed by atoms with E-state index in [1.807, 2.05) is 0 Å². The van der Waals surface area contributed by atoms with E-state index in [9.17, 15) is 8.42 Å². The van der Waals surface area contributed by atoms with Crippen LogP contribution in [0.2, 0.25) is 0 Å². The molecule has 0 aromatic carbocycles. The van der Waals surface area contributed by atoms with Gasteiger partial charge in [-0.2, -0.15) is 5.10 Å². The second-order valence-electron chi connectivity index (χ2n) is 3.99. The third kappa shape index (κ3) is 2.35. The van der Waals surface area contributed by atoms with Crippen molar-refractivity contribution in [3.8, 4) is 0 Å². The summed E-state index contributed by atoms with van der Waals surface area (Å²) in [4.78, 5) is 4.26. The fourth-order valence-corrected chi connectivity index (χ4v) is 2.74. The van der Waals surface area contributed by atoms with Crippen molar-refractivity contribution in [2.24, 2.45) is 7.05 Å². The van der Waals surface area contributed by atoms with E-state index in [4.69, 9.17) is 0 Å². The lowest BCUT2D eigenvalue weighted by Crippen LogP contribution is -2.15. The quantitative estimate of drug-likeness (QED) is 0.906. The molecule has 0 saturated carbocycles. The van der Waals surface area contributed by atoms with Crippen LogP contribution in [0.15, 0.2) is 29.3 Å². The summed E-state index contributed by atoms with van der Waals surface area (Å²) >= 11 is 0. The molecular formula is C11H14N4O2S. The highest BCUT2D eigenvalue weighted by atomic mass is 32.2. The molecule has 0 aliphatic carbocycles. The molecule has 2 aromatic heterocycles. The molecule has 0 amide bonds. The third-order valence-corrected chi connectivity index (χ3v) is 4.06. The first kappa shape index (κ1) is 12.6. The second-order valence-corrected chi connectivity index (χ2v) is 5.64. The minimum atomic E-state index is -3.64. The maximum atomic E-state index is 12.1. The number of rotatable bonds is 3. The van der Waals surface area contributed by atoms with Crippen molar-refractivity contribution in [1.82, 2.24) is 14.8 Å². The lowest BCUT2D eigenvalue weighted by atomic mass is 10.4. The summed E-state index contributed by atoms with van der Waals surface area (Å²) in [7, 11) is -1.94. The van der Waals surface area contributed by atoms with Gasteiger partial charge >= 0.3 is 0 Å². The third-order valence-electron chi connectivity index (χ3n) is 2.61. The highest BCUT2D eigenvalue weighted by molar-refractivity contribution is 7.92. The van der Waals surface area contributed by atoms with Crippen molar-refractivity contribution < 1.29 is 8.42 Å². The first-order valence-corrected chi connectivity index (χ1v) is 6.83. The lowest BCUT2D eigenvalue weighted by molar-refractivity contribution is 0.600. The Kier molecular flexibility index (Phi) is 3.08. The van der Waals surface area contributed by atoms with Gasteiger partial charge in [-0.15, -0.1) is 0 Å². The van der Waals surface area contributed by atoms with Crippen LogP contribution in [0.5, 0.6) is 0 Å². The SMILES string of the molecule is Cc1cccc(NS(=O)(=O)c2cnn(C)c2C)n1. The zero-order valence-corrected chi connectivity index (χ0v) is 11.2. The van der Waals surface area contributed by atoms with Crippen molar-refractivity contribution in [3.63, 3.8) is 0 Å². The molecule has 1 N–H and O–H groups in total. The number of pyridine rings is 1. The van der Waals surface area contributed by atoms with Crippen molar-refractivity contribution >= 4 is 15.8 Å². The van der Waals surface area contributed by atoms with Crippen LogP contribution >= 0.6 is 0 Å². The molecule has 96 valence electrons. The summed E-state index contributed by atoms with van der Waals surface area (Å²) in [5, 5.41) is 3.92. The van der Waals surface area contributed by atoms with Crippen molar-refractivity contribution in [3.05, 3.63) is 35.8 Å². The van der Waals surface area contributed by atoms with Crippen LogP contribution in [0.3, 0.4) is 0 Å². The highest BCUT2D eigenvalue weighted by Gasteiger charge is 2.20. The first-order valence-electron chi connectivity index (χ1n) is 5.35. The van der Waals surface area contributed by atoms with Crippen LogP contribution in [0.4, 0.5) is 5.82 Å². The Bertz CT molecular complexity index is 676. The van der Waals surface area contributed by atoms with Gasteiger partial charge in [0, 0.05) is 12.7 Å². The van der Waals surface area contributed by atoms with Gasteiger partial charge in [0.25, 0.3) is 10.0 Å². The smallest absolute Gasteiger partial charge is 0.266 e. The van der Waals surface area contributed by atoms with Crippen molar-refractivity contribution in [2.75, 3.05) is 4.72 Å². The van der Waals surface area contributed by atoms with Crippen LogP contribution < -0.4 is 4.72 Å². The summed E-state index contributed by atoms with van der Waals surface area (Å²) < 4.78 is 28.2. The van der Waals surface area contributed by atoms with Crippen LogP contribution in [0.1, 0.15) is 11.4 Å². The molecule has 0 spiro atoms. The molecule has 2 rings (SSSR count). The van der Waals surface area contributed by atoms with Crippen LogP contribution in [-0.2, 0) is 17.1 Å². The number of hydrogen-bond acceptors (Lipinski definition) is 4. The second kappa shape index (κ2) is 4.41. The monoisotopic (exact) mass is 266 g/mol. The van der Waals surface area contributed by atoms with Gasteiger partial charge < -0.3 is 0 Å². The van der Waals surface area contributed by atoms with Crippen LogP contribution in [0, 0.1) is 13.8 Å². The van der Waals surface area contributed by atoms with Gasteiger partial charge in [-0.25, -0.2) is 13.4 Å². The van der Waals surface area contributed by atoms with E-state index < -0.39 is 10.0 Å². The first-order chi connectivity index (χ1) is 8.40.